The van der Waals surface area contributed by atoms with Gasteiger partial charge >= 0.3 is 0 Å². The Morgan fingerprint density at radius 1 is 1.06 bits per heavy atom. The molecule has 0 amide bonds. The molecule has 0 bridgehead atoms. The van der Waals surface area contributed by atoms with Crippen molar-refractivity contribution in [2.45, 2.75) is 31.6 Å². The molecule has 1 aromatic rings. The molecule has 0 radical (unpaired) electrons. The van der Waals surface area contributed by atoms with Gasteiger partial charge in [-0.2, -0.15) is 0 Å². The van der Waals surface area contributed by atoms with Gasteiger partial charge in [-0.25, -0.2) is 0 Å². The van der Waals surface area contributed by atoms with Crippen LogP contribution >= 0.6 is 0 Å². The number of hydrogen-bond acceptors (Lipinski definition) is 2. The van der Waals surface area contributed by atoms with Gasteiger partial charge < -0.3 is 10.6 Å². The first-order valence-electron chi connectivity index (χ1n) is 6.51. The first-order valence-corrected chi connectivity index (χ1v) is 6.51. The second-order valence-corrected chi connectivity index (χ2v) is 4.94. The molecule has 2 nitrogen and oxygen atoms in total. The van der Waals surface area contributed by atoms with Crippen LogP contribution in [0.5, 0.6) is 0 Å². The Morgan fingerprint density at radius 3 is 2.81 bits per heavy atom. The van der Waals surface area contributed by atoms with E-state index >= 15 is 0 Å². The van der Waals surface area contributed by atoms with Crippen LogP contribution in [0.2, 0.25) is 0 Å². The van der Waals surface area contributed by atoms with E-state index in [2.05, 4.69) is 28.8 Å². The highest BCUT2D eigenvalue weighted by Gasteiger charge is 2.20. The molecule has 2 aliphatic heterocycles. The molecule has 2 aliphatic rings. The van der Waals surface area contributed by atoms with Crippen molar-refractivity contribution in [1.29, 1.82) is 0 Å². The molecule has 0 aromatic heterocycles. The molecule has 1 aromatic carbocycles. The van der Waals surface area contributed by atoms with Crippen molar-refractivity contribution in [3.8, 4) is 0 Å². The SMILES string of the molecule is c1cc2c(c(C3CCNCC3)c1)NCCC2. The minimum Gasteiger partial charge on any atom is -0.385 e. The second kappa shape index (κ2) is 4.46. The van der Waals surface area contributed by atoms with Crippen molar-refractivity contribution in [2.75, 3.05) is 25.0 Å². The minimum atomic E-state index is 0.766. The topological polar surface area (TPSA) is 24.1 Å². The zero-order chi connectivity index (χ0) is 10.8. The summed E-state index contributed by atoms with van der Waals surface area (Å²) in [5, 5.41) is 7.05. The summed E-state index contributed by atoms with van der Waals surface area (Å²) in [7, 11) is 0. The number of nitrogens with one attached hydrogen (secondary N) is 2. The zero-order valence-corrected chi connectivity index (χ0v) is 9.76. The van der Waals surface area contributed by atoms with Crippen LogP contribution in [-0.4, -0.2) is 19.6 Å². The van der Waals surface area contributed by atoms with Gasteiger partial charge in [0, 0.05) is 12.2 Å². The van der Waals surface area contributed by atoms with Crippen molar-refractivity contribution in [2.24, 2.45) is 0 Å². The van der Waals surface area contributed by atoms with E-state index in [4.69, 9.17) is 0 Å². The average molecular weight is 216 g/mol. The molecule has 1 saturated heterocycles. The average Bonchev–Trinajstić information content (AvgIpc) is 2.39. The summed E-state index contributed by atoms with van der Waals surface area (Å²) < 4.78 is 0. The van der Waals surface area contributed by atoms with E-state index < -0.39 is 0 Å². The first kappa shape index (κ1) is 10.2. The molecule has 0 saturated carbocycles. The predicted octanol–water partition coefficient (Wildman–Crippen LogP) is 2.51. The number of anilines is 1. The van der Waals surface area contributed by atoms with Crippen LogP contribution in [0.3, 0.4) is 0 Å². The molecule has 16 heavy (non-hydrogen) atoms. The Bertz CT molecular complexity index is 367. The summed E-state index contributed by atoms with van der Waals surface area (Å²) in [4.78, 5) is 0. The maximum Gasteiger partial charge on any atom is 0.0408 e. The van der Waals surface area contributed by atoms with E-state index in [9.17, 15) is 0 Å². The van der Waals surface area contributed by atoms with Crippen molar-refractivity contribution in [1.82, 2.24) is 5.32 Å². The van der Waals surface area contributed by atoms with Crippen molar-refractivity contribution in [3.05, 3.63) is 29.3 Å². The van der Waals surface area contributed by atoms with Crippen molar-refractivity contribution in [3.63, 3.8) is 0 Å². The van der Waals surface area contributed by atoms with E-state index in [-0.39, 0.29) is 0 Å². The Hall–Kier alpha value is -1.02. The van der Waals surface area contributed by atoms with Gasteiger partial charge in [0.25, 0.3) is 0 Å². The smallest absolute Gasteiger partial charge is 0.0408 e. The Morgan fingerprint density at radius 2 is 1.94 bits per heavy atom. The first-order chi connectivity index (χ1) is 7.95. The lowest BCUT2D eigenvalue weighted by Crippen LogP contribution is -2.27. The van der Waals surface area contributed by atoms with Gasteiger partial charge in [0.1, 0.15) is 0 Å². The maximum atomic E-state index is 3.61. The summed E-state index contributed by atoms with van der Waals surface area (Å²) in [6.07, 6.45) is 5.11. The van der Waals surface area contributed by atoms with Gasteiger partial charge in [0.15, 0.2) is 0 Å². The number of fused-ring (bicyclic) bond motifs is 1. The summed E-state index contributed by atoms with van der Waals surface area (Å²) in [6.45, 7) is 3.50. The zero-order valence-electron chi connectivity index (χ0n) is 9.76. The third-order valence-corrected chi connectivity index (χ3v) is 3.89. The van der Waals surface area contributed by atoms with Gasteiger partial charge in [-0.15, -0.1) is 0 Å². The fraction of sp³-hybridized carbons (Fsp3) is 0.571. The summed E-state index contributed by atoms with van der Waals surface area (Å²) in [5.41, 5.74) is 4.56. The predicted molar refractivity (Wildman–Crippen MR) is 68.1 cm³/mol. The Balaban J connectivity index is 1.93. The highest BCUT2D eigenvalue weighted by atomic mass is 14.9. The Labute approximate surface area is 97.4 Å². The number of piperidine rings is 1. The molecule has 0 spiro atoms. The summed E-state index contributed by atoms with van der Waals surface area (Å²) in [6, 6.07) is 6.85. The lowest BCUT2D eigenvalue weighted by Gasteiger charge is -2.28. The third-order valence-electron chi connectivity index (χ3n) is 3.89. The molecule has 1 fully saturated rings. The second-order valence-electron chi connectivity index (χ2n) is 4.94. The number of benzene rings is 1. The van der Waals surface area contributed by atoms with Crippen LogP contribution < -0.4 is 10.6 Å². The fourth-order valence-electron chi connectivity index (χ4n) is 3.01. The van der Waals surface area contributed by atoms with E-state index in [0.29, 0.717) is 0 Å². The van der Waals surface area contributed by atoms with E-state index in [1.807, 2.05) is 0 Å². The van der Waals surface area contributed by atoms with E-state index in [1.54, 1.807) is 5.56 Å². The normalized spacial score (nSPS) is 21.2. The molecule has 0 atom stereocenters. The van der Waals surface area contributed by atoms with Crippen molar-refractivity contribution >= 4 is 5.69 Å². The van der Waals surface area contributed by atoms with Gasteiger partial charge in [-0.05, 0) is 55.8 Å². The van der Waals surface area contributed by atoms with Crippen LogP contribution in [0.15, 0.2) is 18.2 Å². The number of hydrogen-bond donors (Lipinski definition) is 2. The summed E-state index contributed by atoms with van der Waals surface area (Å²) in [5.74, 6) is 0.766. The molecular weight excluding hydrogens is 196 g/mol. The number of para-hydroxylation sites is 1. The van der Waals surface area contributed by atoms with Crippen LogP contribution in [-0.2, 0) is 6.42 Å². The van der Waals surface area contributed by atoms with Crippen LogP contribution in [0.4, 0.5) is 5.69 Å². The molecule has 3 rings (SSSR count). The number of aryl methyl sites for hydroxylation is 1. The van der Waals surface area contributed by atoms with Gasteiger partial charge in [0.05, 0.1) is 0 Å². The number of rotatable bonds is 1. The van der Waals surface area contributed by atoms with Gasteiger partial charge in [-0.1, -0.05) is 18.2 Å². The highest BCUT2D eigenvalue weighted by molar-refractivity contribution is 5.60. The molecule has 86 valence electrons. The minimum absolute atomic E-state index is 0.766. The summed E-state index contributed by atoms with van der Waals surface area (Å²) >= 11 is 0. The van der Waals surface area contributed by atoms with Crippen LogP contribution in [0.1, 0.15) is 36.3 Å². The van der Waals surface area contributed by atoms with Gasteiger partial charge in [0.2, 0.25) is 0 Å². The molecule has 2 heterocycles. The van der Waals surface area contributed by atoms with Gasteiger partial charge in [-0.3, -0.25) is 0 Å². The lowest BCUT2D eigenvalue weighted by molar-refractivity contribution is 0.460. The van der Waals surface area contributed by atoms with E-state index in [1.165, 1.54) is 50.0 Å². The quantitative estimate of drug-likeness (QED) is 0.753. The molecule has 2 N–H and O–H groups in total. The van der Waals surface area contributed by atoms with Crippen molar-refractivity contribution < 1.29 is 0 Å². The monoisotopic (exact) mass is 216 g/mol. The van der Waals surface area contributed by atoms with E-state index in [0.717, 1.165) is 12.5 Å². The highest BCUT2D eigenvalue weighted by Crippen LogP contribution is 2.35. The molecule has 0 aliphatic carbocycles. The maximum absolute atomic E-state index is 3.61. The van der Waals surface area contributed by atoms with Crippen LogP contribution in [0, 0.1) is 0 Å². The Kier molecular flexibility index (Phi) is 2.83. The fourth-order valence-corrected chi connectivity index (χ4v) is 3.01. The third kappa shape index (κ3) is 1.82. The standard InChI is InChI=1S/C14H20N2/c1-3-12-4-2-8-16-14(12)13(5-1)11-6-9-15-10-7-11/h1,3,5,11,15-16H,2,4,6-10H2. The van der Waals surface area contributed by atoms with Crippen LogP contribution in [0.25, 0.3) is 0 Å². The lowest BCUT2D eigenvalue weighted by atomic mass is 9.86. The largest absolute Gasteiger partial charge is 0.385 e. The molecule has 2 heteroatoms. The molecular formula is C14H20N2. The molecule has 0 unspecified atom stereocenters.